The summed E-state index contributed by atoms with van der Waals surface area (Å²) in [6, 6.07) is 5.66. The second kappa shape index (κ2) is 6.31. The molecule has 0 fully saturated rings. The number of furan rings is 1. The Morgan fingerprint density at radius 1 is 1.50 bits per heavy atom. The van der Waals surface area contributed by atoms with Crippen LogP contribution < -0.4 is 11.3 Å². The highest BCUT2D eigenvalue weighted by atomic mass is 16.4. The van der Waals surface area contributed by atoms with Crippen LogP contribution in [0.25, 0.3) is 0 Å². The quantitative estimate of drug-likeness (QED) is 0.486. The van der Waals surface area contributed by atoms with Gasteiger partial charge in [-0.05, 0) is 31.7 Å². The molecule has 2 heterocycles. The van der Waals surface area contributed by atoms with E-state index in [1.165, 1.54) is 0 Å². The van der Waals surface area contributed by atoms with Crippen LogP contribution in [0.3, 0.4) is 0 Å². The van der Waals surface area contributed by atoms with Crippen LogP contribution in [-0.2, 0) is 13.1 Å². The van der Waals surface area contributed by atoms with Crippen molar-refractivity contribution in [2.75, 3.05) is 7.05 Å². The third-order valence-corrected chi connectivity index (χ3v) is 2.99. The molecule has 2 aromatic heterocycles. The van der Waals surface area contributed by atoms with E-state index in [0.717, 1.165) is 23.4 Å². The molecule has 0 aliphatic heterocycles. The summed E-state index contributed by atoms with van der Waals surface area (Å²) in [6.07, 6.45) is 3.59. The van der Waals surface area contributed by atoms with Gasteiger partial charge in [0.1, 0.15) is 5.76 Å². The number of nitrogens with one attached hydrogen (secondary N) is 1. The maximum Gasteiger partial charge on any atom is 0.300 e. The normalized spacial score (nSPS) is 10.8. The van der Waals surface area contributed by atoms with Crippen molar-refractivity contribution in [3.8, 4) is 0 Å². The highest BCUT2D eigenvalue weighted by Gasteiger charge is 2.14. The van der Waals surface area contributed by atoms with E-state index in [1.54, 1.807) is 12.3 Å². The molecule has 0 unspecified atom stereocenters. The summed E-state index contributed by atoms with van der Waals surface area (Å²) >= 11 is 0. The van der Waals surface area contributed by atoms with E-state index in [9.17, 15) is 4.79 Å². The molecule has 2 aromatic rings. The van der Waals surface area contributed by atoms with Crippen molar-refractivity contribution >= 4 is 5.91 Å². The lowest BCUT2D eigenvalue weighted by molar-refractivity contribution is 0.0924. The number of carbonyl (C=O) groups excluding carboxylic acids is 1. The SMILES string of the molecule is Cc1oc(C(=O)NN)cc1CN(C)Cc1cccnc1. The molecule has 20 heavy (non-hydrogen) atoms. The zero-order chi connectivity index (χ0) is 14.5. The number of hydrogen-bond donors (Lipinski definition) is 2. The molecular formula is C14H18N4O2. The molecule has 2 rings (SSSR count). The van der Waals surface area contributed by atoms with Gasteiger partial charge in [0.25, 0.3) is 0 Å². The minimum Gasteiger partial charge on any atom is -0.456 e. The summed E-state index contributed by atoms with van der Waals surface area (Å²) in [5.41, 5.74) is 4.16. The van der Waals surface area contributed by atoms with Gasteiger partial charge >= 0.3 is 5.91 Å². The van der Waals surface area contributed by atoms with E-state index in [1.807, 2.05) is 32.3 Å². The average molecular weight is 274 g/mol. The highest BCUT2D eigenvalue weighted by molar-refractivity contribution is 5.91. The second-order valence-corrected chi connectivity index (χ2v) is 4.70. The first-order valence-corrected chi connectivity index (χ1v) is 6.28. The molecule has 1 amide bonds. The van der Waals surface area contributed by atoms with Gasteiger partial charge in [-0.1, -0.05) is 6.07 Å². The first-order chi connectivity index (χ1) is 9.60. The third kappa shape index (κ3) is 3.43. The van der Waals surface area contributed by atoms with Gasteiger partial charge in [0, 0.05) is 31.0 Å². The van der Waals surface area contributed by atoms with Gasteiger partial charge in [-0.25, -0.2) is 5.84 Å². The van der Waals surface area contributed by atoms with Crippen molar-refractivity contribution in [3.05, 3.63) is 53.2 Å². The van der Waals surface area contributed by atoms with Crippen LogP contribution >= 0.6 is 0 Å². The number of hydrazine groups is 1. The Kier molecular flexibility index (Phi) is 4.49. The van der Waals surface area contributed by atoms with Crippen molar-refractivity contribution in [3.63, 3.8) is 0 Å². The van der Waals surface area contributed by atoms with E-state index in [2.05, 4.69) is 15.3 Å². The van der Waals surface area contributed by atoms with Gasteiger partial charge in [-0.3, -0.25) is 20.1 Å². The number of carbonyl (C=O) groups is 1. The monoisotopic (exact) mass is 274 g/mol. The molecule has 0 bridgehead atoms. The van der Waals surface area contributed by atoms with Gasteiger partial charge in [0.05, 0.1) is 0 Å². The van der Waals surface area contributed by atoms with Crippen LogP contribution in [-0.4, -0.2) is 22.8 Å². The zero-order valence-electron chi connectivity index (χ0n) is 11.6. The van der Waals surface area contributed by atoms with Gasteiger partial charge in [-0.15, -0.1) is 0 Å². The minimum atomic E-state index is -0.422. The van der Waals surface area contributed by atoms with E-state index in [-0.39, 0.29) is 5.76 Å². The van der Waals surface area contributed by atoms with E-state index in [4.69, 9.17) is 10.3 Å². The molecule has 0 radical (unpaired) electrons. The maximum absolute atomic E-state index is 11.4. The number of aryl methyl sites for hydroxylation is 1. The lowest BCUT2D eigenvalue weighted by Crippen LogP contribution is -2.29. The number of hydrogen-bond acceptors (Lipinski definition) is 5. The fourth-order valence-corrected chi connectivity index (χ4v) is 2.01. The molecule has 3 N–H and O–H groups in total. The second-order valence-electron chi connectivity index (χ2n) is 4.70. The van der Waals surface area contributed by atoms with Gasteiger partial charge in [0.2, 0.25) is 0 Å². The number of aromatic nitrogens is 1. The smallest absolute Gasteiger partial charge is 0.300 e. The summed E-state index contributed by atoms with van der Waals surface area (Å²) in [4.78, 5) is 17.6. The molecule has 0 saturated heterocycles. The fourth-order valence-electron chi connectivity index (χ4n) is 2.01. The van der Waals surface area contributed by atoms with Crippen LogP contribution in [0.2, 0.25) is 0 Å². The molecule has 0 saturated carbocycles. The first-order valence-electron chi connectivity index (χ1n) is 6.28. The van der Waals surface area contributed by atoms with E-state index >= 15 is 0 Å². The molecule has 0 spiro atoms. The Morgan fingerprint density at radius 2 is 2.30 bits per heavy atom. The summed E-state index contributed by atoms with van der Waals surface area (Å²) in [6.45, 7) is 3.29. The number of pyridine rings is 1. The van der Waals surface area contributed by atoms with E-state index < -0.39 is 5.91 Å². The Hall–Kier alpha value is -2.18. The van der Waals surface area contributed by atoms with Crippen LogP contribution in [0.4, 0.5) is 0 Å². The summed E-state index contributed by atoms with van der Waals surface area (Å²) in [7, 11) is 2.00. The average Bonchev–Trinajstić information content (AvgIpc) is 2.80. The number of nitrogen functional groups attached to an aromatic ring is 1. The first kappa shape index (κ1) is 14.2. The maximum atomic E-state index is 11.4. The molecule has 0 aliphatic rings. The zero-order valence-corrected chi connectivity index (χ0v) is 11.6. The summed E-state index contributed by atoms with van der Waals surface area (Å²) < 4.78 is 5.39. The number of rotatable bonds is 5. The molecule has 0 aromatic carbocycles. The van der Waals surface area contributed by atoms with Crippen molar-refractivity contribution in [2.45, 2.75) is 20.0 Å². The van der Waals surface area contributed by atoms with Crippen molar-refractivity contribution in [2.24, 2.45) is 5.84 Å². The fraction of sp³-hybridized carbons (Fsp3) is 0.286. The van der Waals surface area contributed by atoms with Crippen LogP contribution in [0.15, 0.2) is 35.0 Å². The molecule has 0 aliphatic carbocycles. The number of amides is 1. The van der Waals surface area contributed by atoms with Gasteiger partial charge < -0.3 is 4.42 Å². The largest absolute Gasteiger partial charge is 0.456 e. The Morgan fingerprint density at radius 3 is 2.95 bits per heavy atom. The summed E-state index contributed by atoms with van der Waals surface area (Å²) in [5, 5.41) is 0. The van der Waals surface area contributed by atoms with Crippen LogP contribution in [0.1, 0.15) is 27.4 Å². The van der Waals surface area contributed by atoms with Crippen LogP contribution in [0.5, 0.6) is 0 Å². The lowest BCUT2D eigenvalue weighted by Gasteiger charge is -2.15. The number of nitrogens with zero attached hydrogens (tertiary/aromatic N) is 2. The third-order valence-electron chi connectivity index (χ3n) is 2.99. The molecular weight excluding hydrogens is 256 g/mol. The Balaban J connectivity index is 2.02. The number of nitrogens with two attached hydrogens (primary N) is 1. The lowest BCUT2D eigenvalue weighted by atomic mass is 10.2. The Labute approximate surface area is 117 Å². The van der Waals surface area contributed by atoms with Crippen molar-refractivity contribution in [1.82, 2.24) is 15.3 Å². The Bertz CT molecular complexity index is 580. The van der Waals surface area contributed by atoms with Crippen molar-refractivity contribution in [1.29, 1.82) is 0 Å². The highest BCUT2D eigenvalue weighted by Crippen LogP contribution is 2.17. The van der Waals surface area contributed by atoms with E-state index in [0.29, 0.717) is 6.54 Å². The molecule has 106 valence electrons. The van der Waals surface area contributed by atoms with Crippen molar-refractivity contribution < 1.29 is 9.21 Å². The molecule has 0 atom stereocenters. The minimum absolute atomic E-state index is 0.231. The topological polar surface area (TPSA) is 84.4 Å². The summed E-state index contributed by atoms with van der Waals surface area (Å²) in [5.74, 6) is 5.62. The van der Waals surface area contributed by atoms with Crippen LogP contribution in [0, 0.1) is 6.92 Å². The predicted octanol–water partition coefficient (Wildman–Crippen LogP) is 1.22. The molecule has 6 nitrogen and oxygen atoms in total. The van der Waals surface area contributed by atoms with Gasteiger partial charge in [0.15, 0.2) is 5.76 Å². The van der Waals surface area contributed by atoms with Gasteiger partial charge in [-0.2, -0.15) is 0 Å². The predicted molar refractivity (Wildman–Crippen MR) is 74.5 cm³/mol. The standard InChI is InChI=1S/C14H18N4O2/c1-10-12(6-13(20-10)14(19)17-15)9-18(2)8-11-4-3-5-16-7-11/h3-7H,8-9,15H2,1-2H3,(H,17,19). The molecule has 6 heteroatoms.